The molecule has 0 spiro atoms. The normalized spacial score (nSPS) is 10.9. The third-order valence-electron chi connectivity index (χ3n) is 3.34. The Balaban J connectivity index is 1.99. The van der Waals surface area contributed by atoms with E-state index in [9.17, 15) is 4.79 Å². The Hall–Kier alpha value is -2.79. The fourth-order valence-electron chi connectivity index (χ4n) is 2.33. The predicted octanol–water partition coefficient (Wildman–Crippen LogP) is 3.49. The van der Waals surface area contributed by atoms with Gasteiger partial charge in [0.2, 0.25) is 4.96 Å². The van der Waals surface area contributed by atoms with E-state index in [1.165, 1.54) is 17.4 Å². The van der Waals surface area contributed by atoms with Gasteiger partial charge in [-0.3, -0.25) is 4.79 Å². The van der Waals surface area contributed by atoms with Gasteiger partial charge in [-0.2, -0.15) is 10.1 Å². The van der Waals surface area contributed by atoms with Gasteiger partial charge in [0, 0.05) is 17.2 Å². The topological polar surface area (TPSA) is 47.3 Å². The highest BCUT2D eigenvalue weighted by molar-refractivity contribution is 7.19. The van der Waals surface area contributed by atoms with Crippen molar-refractivity contribution < 1.29 is 0 Å². The summed E-state index contributed by atoms with van der Waals surface area (Å²) >= 11 is 1.41. The molecule has 0 aliphatic rings. The average molecular weight is 305 g/mol. The van der Waals surface area contributed by atoms with E-state index in [4.69, 9.17) is 0 Å². The van der Waals surface area contributed by atoms with E-state index in [0.717, 1.165) is 21.8 Å². The fourth-order valence-corrected chi connectivity index (χ4v) is 3.24. The van der Waals surface area contributed by atoms with E-state index >= 15 is 0 Å². The molecule has 2 heterocycles. The molecule has 2 aromatic carbocycles. The van der Waals surface area contributed by atoms with Crippen LogP contribution in [0.5, 0.6) is 0 Å². The number of rotatable bonds is 2. The van der Waals surface area contributed by atoms with Gasteiger partial charge in [-0.1, -0.05) is 72.0 Å². The molecule has 0 saturated heterocycles. The lowest BCUT2D eigenvalue weighted by atomic mass is 10.1. The number of fused-ring (bicyclic) bond motifs is 1. The maximum Gasteiger partial charge on any atom is 0.274 e. The summed E-state index contributed by atoms with van der Waals surface area (Å²) in [6, 6.07) is 21.2. The van der Waals surface area contributed by atoms with E-state index in [1.54, 1.807) is 4.52 Å². The average Bonchev–Trinajstić information content (AvgIpc) is 2.99. The Bertz CT molecular complexity index is 991. The lowest BCUT2D eigenvalue weighted by Crippen LogP contribution is -2.09. The van der Waals surface area contributed by atoms with Gasteiger partial charge in [0.1, 0.15) is 5.01 Å². The molecule has 22 heavy (non-hydrogen) atoms. The van der Waals surface area contributed by atoms with Crippen molar-refractivity contribution in [3.63, 3.8) is 0 Å². The summed E-state index contributed by atoms with van der Waals surface area (Å²) in [5, 5.41) is 5.48. The standard InChI is InChI=1S/C17H11N3OS/c21-15-11-14(12-7-3-1-4-8-12)20-17(18-15)22-16(19-20)13-9-5-2-6-10-13/h1-11H. The van der Waals surface area contributed by atoms with Crippen LogP contribution >= 0.6 is 11.3 Å². The Morgan fingerprint density at radius 1 is 0.864 bits per heavy atom. The second-order valence-electron chi connectivity index (χ2n) is 4.81. The van der Waals surface area contributed by atoms with Gasteiger partial charge in [-0.05, 0) is 0 Å². The van der Waals surface area contributed by atoms with E-state index in [0.29, 0.717) is 4.96 Å². The molecule has 0 fully saturated rings. The van der Waals surface area contributed by atoms with Crippen LogP contribution in [0.25, 0.3) is 26.8 Å². The molecule has 4 nitrogen and oxygen atoms in total. The van der Waals surface area contributed by atoms with Gasteiger partial charge < -0.3 is 0 Å². The van der Waals surface area contributed by atoms with Crippen molar-refractivity contribution >= 4 is 16.3 Å². The molecule has 0 radical (unpaired) electrons. The first-order valence-corrected chi connectivity index (χ1v) is 7.65. The van der Waals surface area contributed by atoms with Crippen molar-refractivity contribution in [3.8, 4) is 21.8 Å². The molecule has 0 unspecified atom stereocenters. The zero-order chi connectivity index (χ0) is 14.9. The summed E-state index contributed by atoms with van der Waals surface area (Å²) in [5.74, 6) is 0. The van der Waals surface area contributed by atoms with Crippen LogP contribution in [0.2, 0.25) is 0 Å². The number of nitrogens with zero attached hydrogens (tertiary/aromatic N) is 3. The van der Waals surface area contributed by atoms with Gasteiger partial charge in [-0.25, -0.2) is 4.52 Å². The van der Waals surface area contributed by atoms with Crippen LogP contribution in [0.1, 0.15) is 0 Å². The van der Waals surface area contributed by atoms with Crippen LogP contribution in [-0.4, -0.2) is 14.6 Å². The van der Waals surface area contributed by atoms with Crippen LogP contribution < -0.4 is 5.56 Å². The van der Waals surface area contributed by atoms with Gasteiger partial charge in [0.25, 0.3) is 5.56 Å². The van der Waals surface area contributed by atoms with Crippen LogP contribution in [0.4, 0.5) is 0 Å². The zero-order valence-corrected chi connectivity index (χ0v) is 12.3. The molecule has 4 aromatic rings. The largest absolute Gasteiger partial charge is 0.274 e. The van der Waals surface area contributed by atoms with Crippen molar-refractivity contribution in [1.82, 2.24) is 14.6 Å². The maximum atomic E-state index is 11.9. The lowest BCUT2D eigenvalue weighted by Gasteiger charge is -2.02. The molecule has 0 atom stereocenters. The first-order valence-electron chi connectivity index (χ1n) is 6.83. The van der Waals surface area contributed by atoms with Crippen molar-refractivity contribution in [2.45, 2.75) is 0 Å². The van der Waals surface area contributed by atoms with Crippen molar-refractivity contribution in [3.05, 3.63) is 77.1 Å². The minimum absolute atomic E-state index is 0.248. The fraction of sp³-hybridized carbons (Fsp3) is 0. The number of hydrogen-bond acceptors (Lipinski definition) is 4. The molecule has 106 valence electrons. The van der Waals surface area contributed by atoms with E-state index in [1.807, 2.05) is 60.7 Å². The number of hydrogen-bond donors (Lipinski definition) is 0. The second kappa shape index (κ2) is 5.20. The quantitative estimate of drug-likeness (QED) is 0.569. The van der Waals surface area contributed by atoms with Crippen molar-refractivity contribution in [2.75, 3.05) is 0 Å². The molecule has 0 N–H and O–H groups in total. The summed E-state index contributed by atoms with van der Waals surface area (Å²) in [6.45, 7) is 0. The molecule has 5 heteroatoms. The van der Waals surface area contributed by atoms with Crippen molar-refractivity contribution in [1.29, 1.82) is 0 Å². The monoisotopic (exact) mass is 305 g/mol. The molecular weight excluding hydrogens is 294 g/mol. The zero-order valence-electron chi connectivity index (χ0n) is 11.5. The highest BCUT2D eigenvalue weighted by Gasteiger charge is 2.12. The van der Waals surface area contributed by atoms with Gasteiger partial charge in [0.05, 0.1) is 5.69 Å². The molecule has 0 bridgehead atoms. The molecular formula is C17H11N3OS. The molecule has 0 aliphatic carbocycles. The maximum absolute atomic E-state index is 11.9. The van der Waals surface area contributed by atoms with E-state index in [2.05, 4.69) is 10.1 Å². The minimum Gasteiger partial charge on any atom is -0.267 e. The highest BCUT2D eigenvalue weighted by atomic mass is 32.1. The Labute approximate surface area is 130 Å². The van der Waals surface area contributed by atoms with Crippen LogP contribution in [0.15, 0.2) is 71.5 Å². The second-order valence-corrected chi connectivity index (χ2v) is 5.77. The van der Waals surface area contributed by atoms with Crippen LogP contribution in [0, 0.1) is 0 Å². The summed E-state index contributed by atoms with van der Waals surface area (Å²) in [5.41, 5.74) is 2.47. The Morgan fingerprint density at radius 2 is 1.50 bits per heavy atom. The third-order valence-corrected chi connectivity index (χ3v) is 4.30. The Kier molecular flexibility index (Phi) is 3.05. The number of benzene rings is 2. The summed E-state index contributed by atoms with van der Waals surface area (Å²) in [4.78, 5) is 16.6. The van der Waals surface area contributed by atoms with Gasteiger partial charge in [0.15, 0.2) is 0 Å². The molecule has 4 rings (SSSR count). The van der Waals surface area contributed by atoms with Crippen molar-refractivity contribution in [2.24, 2.45) is 0 Å². The smallest absolute Gasteiger partial charge is 0.267 e. The van der Waals surface area contributed by atoms with Crippen LogP contribution in [-0.2, 0) is 0 Å². The summed E-state index contributed by atoms with van der Waals surface area (Å²) in [6.07, 6.45) is 0. The summed E-state index contributed by atoms with van der Waals surface area (Å²) < 4.78 is 1.74. The third kappa shape index (κ3) is 2.21. The SMILES string of the molecule is O=c1cc(-c2ccccc2)n2nc(-c3ccccc3)sc2n1. The predicted molar refractivity (Wildman–Crippen MR) is 88.0 cm³/mol. The highest BCUT2D eigenvalue weighted by Crippen LogP contribution is 2.27. The summed E-state index contributed by atoms with van der Waals surface area (Å²) in [7, 11) is 0. The van der Waals surface area contributed by atoms with E-state index in [-0.39, 0.29) is 5.56 Å². The molecule has 0 aliphatic heterocycles. The number of aromatic nitrogens is 3. The molecule has 0 saturated carbocycles. The lowest BCUT2D eigenvalue weighted by molar-refractivity contribution is 0.944. The first kappa shape index (κ1) is 12.9. The molecule has 0 amide bonds. The first-order chi connectivity index (χ1) is 10.8. The molecule has 2 aromatic heterocycles. The van der Waals surface area contributed by atoms with Crippen LogP contribution in [0.3, 0.4) is 0 Å². The van der Waals surface area contributed by atoms with Gasteiger partial charge in [-0.15, -0.1) is 0 Å². The van der Waals surface area contributed by atoms with Gasteiger partial charge >= 0.3 is 0 Å². The minimum atomic E-state index is -0.248. The van der Waals surface area contributed by atoms with E-state index < -0.39 is 0 Å². The Morgan fingerprint density at radius 3 is 2.18 bits per heavy atom.